The van der Waals surface area contributed by atoms with E-state index in [0.29, 0.717) is 5.56 Å². The largest absolute Gasteiger partial charge is 0.273 e. The number of hydrogen-bond acceptors (Lipinski definition) is 2. The molecular formula is C14H12ClNO2. The number of rotatable bonds is 3. The lowest BCUT2D eigenvalue weighted by Gasteiger charge is -2.11. The fourth-order valence-electron chi connectivity index (χ4n) is 1.81. The molecule has 2 amide bonds. The first-order valence-corrected chi connectivity index (χ1v) is 5.88. The molecule has 2 rings (SSSR count). The molecule has 0 aromatic heterocycles. The van der Waals surface area contributed by atoms with Crippen LogP contribution in [-0.2, 0) is 9.59 Å². The number of imide groups is 1. The molecule has 1 aromatic rings. The lowest BCUT2D eigenvalue weighted by Crippen LogP contribution is -2.31. The van der Waals surface area contributed by atoms with Gasteiger partial charge in [0.25, 0.3) is 11.8 Å². The lowest BCUT2D eigenvalue weighted by atomic mass is 10.0. The Kier molecular flexibility index (Phi) is 3.34. The minimum atomic E-state index is -0.461. The molecule has 1 aromatic carbocycles. The second-order valence-electron chi connectivity index (χ2n) is 4.06. The van der Waals surface area contributed by atoms with E-state index in [1.807, 2.05) is 19.1 Å². The average molecular weight is 262 g/mol. The molecule has 0 radical (unpaired) electrons. The molecule has 0 atom stereocenters. The molecule has 92 valence electrons. The molecule has 0 fully saturated rings. The summed E-state index contributed by atoms with van der Waals surface area (Å²) >= 11 is 5.96. The van der Waals surface area contributed by atoms with Crippen molar-refractivity contribution < 1.29 is 9.59 Å². The van der Waals surface area contributed by atoms with Gasteiger partial charge in [0.1, 0.15) is 5.03 Å². The molecule has 0 saturated heterocycles. The summed E-state index contributed by atoms with van der Waals surface area (Å²) in [6.07, 6.45) is 1.50. The molecule has 1 heterocycles. The normalized spacial score (nSPS) is 15.6. The van der Waals surface area contributed by atoms with Gasteiger partial charge in [-0.2, -0.15) is 0 Å². The van der Waals surface area contributed by atoms with Crippen molar-refractivity contribution in [1.82, 2.24) is 4.90 Å². The first-order chi connectivity index (χ1) is 8.56. The zero-order chi connectivity index (χ0) is 13.3. The van der Waals surface area contributed by atoms with Crippen LogP contribution in [0.5, 0.6) is 0 Å². The zero-order valence-electron chi connectivity index (χ0n) is 9.94. The van der Waals surface area contributed by atoms with Gasteiger partial charge < -0.3 is 0 Å². The smallest absolute Gasteiger partial charge is 0.270 e. The Morgan fingerprint density at radius 2 is 1.83 bits per heavy atom. The highest BCUT2D eigenvalue weighted by Gasteiger charge is 2.37. The third-order valence-electron chi connectivity index (χ3n) is 2.76. The summed E-state index contributed by atoms with van der Waals surface area (Å²) in [7, 11) is 0. The van der Waals surface area contributed by atoms with Crippen molar-refractivity contribution in [3.8, 4) is 0 Å². The Morgan fingerprint density at radius 3 is 2.39 bits per heavy atom. The number of hydrogen-bond donors (Lipinski definition) is 0. The third-order valence-corrected chi connectivity index (χ3v) is 3.11. The van der Waals surface area contributed by atoms with E-state index >= 15 is 0 Å². The predicted molar refractivity (Wildman–Crippen MR) is 70.9 cm³/mol. The van der Waals surface area contributed by atoms with E-state index in [0.717, 1.165) is 10.5 Å². The highest BCUT2D eigenvalue weighted by molar-refractivity contribution is 6.55. The number of carbonyl (C=O) groups excluding carboxylic acids is 2. The fraction of sp³-hybridized carbons (Fsp3) is 0.143. The van der Waals surface area contributed by atoms with Gasteiger partial charge in [-0.3, -0.25) is 14.5 Å². The van der Waals surface area contributed by atoms with Crippen molar-refractivity contribution >= 4 is 29.0 Å². The summed E-state index contributed by atoms with van der Waals surface area (Å²) in [5.74, 6) is -0.828. The fourth-order valence-corrected chi connectivity index (χ4v) is 2.10. The summed E-state index contributed by atoms with van der Waals surface area (Å²) in [5.41, 5.74) is 2.01. The van der Waals surface area contributed by atoms with Gasteiger partial charge in [-0.05, 0) is 12.5 Å². The highest BCUT2D eigenvalue weighted by atomic mass is 35.5. The summed E-state index contributed by atoms with van der Waals surface area (Å²) in [6, 6.07) is 7.33. The molecule has 0 unspecified atom stereocenters. The van der Waals surface area contributed by atoms with Crippen LogP contribution >= 0.6 is 11.6 Å². The highest BCUT2D eigenvalue weighted by Crippen LogP contribution is 2.31. The SMILES string of the molecule is C=CCN1C(=O)C(Cl)=C(c2ccc(C)cc2)C1=O. The van der Waals surface area contributed by atoms with Gasteiger partial charge in [-0.1, -0.05) is 47.5 Å². The monoisotopic (exact) mass is 261 g/mol. The van der Waals surface area contributed by atoms with E-state index in [2.05, 4.69) is 6.58 Å². The summed E-state index contributed by atoms with van der Waals surface area (Å²) in [6.45, 7) is 5.64. The zero-order valence-corrected chi connectivity index (χ0v) is 10.7. The number of amides is 2. The van der Waals surface area contributed by atoms with Gasteiger partial charge in [-0.25, -0.2) is 0 Å². The number of benzene rings is 1. The van der Waals surface area contributed by atoms with E-state index in [-0.39, 0.29) is 23.1 Å². The van der Waals surface area contributed by atoms with E-state index in [9.17, 15) is 9.59 Å². The molecule has 18 heavy (non-hydrogen) atoms. The molecule has 0 aliphatic carbocycles. The number of nitrogens with zero attached hydrogens (tertiary/aromatic N) is 1. The third kappa shape index (κ3) is 1.97. The lowest BCUT2D eigenvalue weighted by molar-refractivity contribution is -0.135. The molecule has 0 N–H and O–H groups in total. The van der Waals surface area contributed by atoms with Crippen LogP contribution in [0, 0.1) is 6.92 Å². The second-order valence-corrected chi connectivity index (χ2v) is 4.44. The van der Waals surface area contributed by atoms with Crippen LogP contribution in [-0.4, -0.2) is 23.3 Å². The Morgan fingerprint density at radius 1 is 1.22 bits per heavy atom. The maximum atomic E-state index is 12.1. The van der Waals surface area contributed by atoms with Crippen LogP contribution in [0.3, 0.4) is 0 Å². The number of aryl methyl sites for hydroxylation is 1. The molecule has 0 bridgehead atoms. The van der Waals surface area contributed by atoms with Gasteiger partial charge in [0.15, 0.2) is 0 Å². The van der Waals surface area contributed by atoms with Crippen LogP contribution in [0.2, 0.25) is 0 Å². The van der Waals surface area contributed by atoms with Crippen LogP contribution in [0.4, 0.5) is 0 Å². The Labute approximate surface area is 110 Å². The topological polar surface area (TPSA) is 37.4 Å². The van der Waals surface area contributed by atoms with Crippen LogP contribution < -0.4 is 0 Å². The molecule has 0 saturated carbocycles. The van der Waals surface area contributed by atoms with Crippen molar-refractivity contribution in [3.05, 3.63) is 53.1 Å². The summed E-state index contributed by atoms with van der Waals surface area (Å²) < 4.78 is 0. The quantitative estimate of drug-likeness (QED) is 0.619. The van der Waals surface area contributed by atoms with Gasteiger partial charge in [-0.15, -0.1) is 6.58 Å². The maximum absolute atomic E-state index is 12.1. The van der Waals surface area contributed by atoms with E-state index in [4.69, 9.17) is 11.6 Å². The second kappa shape index (κ2) is 4.78. The van der Waals surface area contributed by atoms with Gasteiger partial charge in [0, 0.05) is 6.54 Å². The number of carbonyl (C=O) groups is 2. The Hall–Kier alpha value is -1.87. The van der Waals surface area contributed by atoms with Crippen LogP contribution in [0.15, 0.2) is 42.0 Å². The molecule has 0 spiro atoms. The van der Waals surface area contributed by atoms with E-state index in [1.54, 1.807) is 12.1 Å². The molecule has 4 heteroatoms. The molecule has 1 aliphatic rings. The first-order valence-electron chi connectivity index (χ1n) is 5.50. The summed E-state index contributed by atoms with van der Waals surface area (Å²) in [5, 5.41) is -0.0225. The summed E-state index contributed by atoms with van der Waals surface area (Å²) in [4.78, 5) is 25.0. The standard InChI is InChI=1S/C14H12ClNO2/c1-3-8-16-13(17)11(12(15)14(16)18)10-6-4-9(2)5-7-10/h3-7H,1,8H2,2H3. The van der Waals surface area contributed by atoms with Crippen molar-refractivity contribution in [1.29, 1.82) is 0 Å². The van der Waals surface area contributed by atoms with Crippen molar-refractivity contribution in [2.45, 2.75) is 6.92 Å². The Balaban J connectivity index is 2.44. The van der Waals surface area contributed by atoms with Crippen LogP contribution in [0.25, 0.3) is 5.57 Å². The molecule has 1 aliphatic heterocycles. The van der Waals surface area contributed by atoms with E-state index < -0.39 is 5.91 Å². The van der Waals surface area contributed by atoms with Crippen molar-refractivity contribution in [2.24, 2.45) is 0 Å². The van der Waals surface area contributed by atoms with Crippen molar-refractivity contribution in [3.63, 3.8) is 0 Å². The average Bonchev–Trinajstić information content (AvgIpc) is 2.56. The number of halogens is 1. The first kappa shape index (κ1) is 12.6. The Bertz CT molecular complexity index is 558. The van der Waals surface area contributed by atoms with Gasteiger partial charge >= 0.3 is 0 Å². The van der Waals surface area contributed by atoms with Gasteiger partial charge in [0.05, 0.1) is 5.57 Å². The van der Waals surface area contributed by atoms with Gasteiger partial charge in [0.2, 0.25) is 0 Å². The minimum absolute atomic E-state index is 0.0225. The maximum Gasteiger partial charge on any atom is 0.273 e. The molecular weight excluding hydrogens is 250 g/mol. The predicted octanol–water partition coefficient (Wildman–Crippen LogP) is 2.50. The minimum Gasteiger partial charge on any atom is -0.270 e. The van der Waals surface area contributed by atoms with Crippen LogP contribution in [0.1, 0.15) is 11.1 Å². The van der Waals surface area contributed by atoms with E-state index in [1.165, 1.54) is 6.08 Å². The van der Waals surface area contributed by atoms with Crippen molar-refractivity contribution in [2.75, 3.05) is 6.54 Å². The molecule has 3 nitrogen and oxygen atoms in total.